The minimum atomic E-state index is -0.0312. The number of nitrogens with zero attached hydrogens (tertiary/aromatic N) is 1. The molecule has 20 heavy (non-hydrogen) atoms. The Morgan fingerprint density at radius 1 is 1.40 bits per heavy atom. The SMILES string of the molecule is COc1ccc2c(c1)cc(CC(=O)NCCCO)n2C. The molecule has 0 radical (unpaired) electrons. The van der Waals surface area contributed by atoms with Crippen molar-refractivity contribution in [2.75, 3.05) is 20.3 Å². The number of hydrogen-bond donors (Lipinski definition) is 2. The van der Waals surface area contributed by atoms with Crippen molar-refractivity contribution in [2.24, 2.45) is 7.05 Å². The van der Waals surface area contributed by atoms with Crippen LogP contribution in [0.4, 0.5) is 0 Å². The van der Waals surface area contributed by atoms with Crippen LogP contribution < -0.4 is 10.1 Å². The number of aromatic nitrogens is 1. The van der Waals surface area contributed by atoms with Crippen LogP contribution in [0.1, 0.15) is 12.1 Å². The summed E-state index contributed by atoms with van der Waals surface area (Å²) < 4.78 is 7.22. The van der Waals surface area contributed by atoms with Crippen LogP contribution in [-0.2, 0) is 18.3 Å². The van der Waals surface area contributed by atoms with Crippen LogP contribution in [0.15, 0.2) is 24.3 Å². The highest BCUT2D eigenvalue weighted by Crippen LogP contribution is 2.23. The fourth-order valence-corrected chi connectivity index (χ4v) is 2.22. The number of aliphatic hydroxyl groups excluding tert-OH is 1. The average molecular weight is 276 g/mol. The first kappa shape index (κ1) is 14.4. The number of fused-ring (bicyclic) bond motifs is 1. The molecule has 1 amide bonds. The van der Waals surface area contributed by atoms with Crippen molar-refractivity contribution in [3.8, 4) is 5.75 Å². The zero-order valence-electron chi connectivity index (χ0n) is 11.8. The normalized spacial score (nSPS) is 10.8. The third-order valence-corrected chi connectivity index (χ3v) is 3.35. The van der Waals surface area contributed by atoms with Gasteiger partial charge in [-0.2, -0.15) is 0 Å². The first-order chi connectivity index (χ1) is 9.65. The highest BCUT2D eigenvalue weighted by Gasteiger charge is 2.10. The van der Waals surface area contributed by atoms with Crippen LogP contribution in [0, 0.1) is 0 Å². The van der Waals surface area contributed by atoms with E-state index in [0.29, 0.717) is 19.4 Å². The molecule has 0 unspecified atom stereocenters. The van der Waals surface area contributed by atoms with E-state index in [2.05, 4.69) is 5.32 Å². The minimum absolute atomic E-state index is 0.0312. The molecule has 2 N–H and O–H groups in total. The van der Waals surface area contributed by atoms with Crippen LogP contribution in [0.3, 0.4) is 0 Å². The number of hydrogen-bond acceptors (Lipinski definition) is 3. The van der Waals surface area contributed by atoms with Crippen molar-refractivity contribution in [3.05, 3.63) is 30.0 Å². The third kappa shape index (κ3) is 3.11. The first-order valence-corrected chi connectivity index (χ1v) is 6.65. The molecule has 1 aromatic carbocycles. The summed E-state index contributed by atoms with van der Waals surface area (Å²) in [4.78, 5) is 11.8. The van der Waals surface area contributed by atoms with Gasteiger partial charge in [-0.05, 0) is 30.7 Å². The maximum absolute atomic E-state index is 11.8. The van der Waals surface area contributed by atoms with Gasteiger partial charge in [-0.1, -0.05) is 0 Å². The Balaban J connectivity index is 2.14. The summed E-state index contributed by atoms with van der Waals surface area (Å²) in [6, 6.07) is 7.86. The van der Waals surface area contributed by atoms with Gasteiger partial charge in [-0.25, -0.2) is 0 Å². The second-order valence-electron chi connectivity index (χ2n) is 4.72. The molecule has 0 aliphatic heterocycles. The average Bonchev–Trinajstić information content (AvgIpc) is 2.75. The van der Waals surface area contributed by atoms with Gasteiger partial charge in [0.15, 0.2) is 0 Å². The minimum Gasteiger partial charge on any atom is -0.497 e. The van der Waals surface area contributed by atoms with Gasteiger partial charge in [-0.3, -0.25) is 4.79 Å². The molecule has 0 atom stereocenters. The summed E-state index contributed by atoms with van der Waals surface area (Å²) in [5.41, 5.74) is 2.03. The first-order valence-electron chi connectivity index (χ1n) is 6.65. The molecular formula is C15H20N2O3. The van der Waals surface area contributed by atoms with E-state index in [-0.39, 0.29) is 12.5 Å². The number of carbonyl (C=O) groups excluding carboxylic acids is 1. The van der Waals surface area contributed by atoms with Gasteiger partial charge in [0.1, 0.15) is 5.75 Å². The lowest BCUT2D eigenvalue weighted by Gasteiger charge is -2.06. The maximum Gasteiger partial charge on any atom is 0.225 e. The molecule has 0 fully saturated rings. The van der Waals surface area contributed by atoms with E-state index in [9.17, 15) is 4.79 Å². The van der Waals surface area contributed by atoms with Crippen molar-refractivity contribution >= 4 is 16.8 Å². The smallest absolute Gasteiger partial charge is 0.225 e. The van der Waals surface area contributed by atoms with Crippen molar-refractivity contribution in [1.82, 2.24) is 9.88 Å². The van der Waals surface area contributed by atoms with E-state index in [1.54, 1.807) is 7.11 Å². The molecule has 0 saturated heterocycles. The molecule has 1 aromatic heterocycles. The number of amides is 1. The highest BCUT2D eigenvalue weighted by atomic mass is 16.5. The fourth-order valence-electron chi connectivity index (χ4n) is 2.22. The lowest BCUT2D eigenvalue weighted by molar-refractivity contribution is -0.120. The quantitative estimate of drug-likeness (QED) is 0.780. The van der Waals surface area contributed by atoms with Gasteiger partial charge in [0, 0.05) is 36.8 Å². The summed E-state index contributed by atoms with van der Waals surface area (Å²) in [6.45, 7) is 0.598. The van der Waals surface area contributed by atoms with Gasteiger partial charge < -0.3 is 19.7 Å². The Kier molecular flexibility index (Phi) is 4.63. The van der Waals surface area contributed by atoms with Crippen molar-refractivity contribution in [1.29, 1.82) is 0 Å². The molecule has 5 nitrogen and oxygen atoms in total. The summed E-state index contributed by atoms with van der Waals surface area (Å²) in [5.74, 6) is 0.776. The maximum atomic E-state index is 11.8. The Hall–Kier alpha value is -2.01. The van der Waals surface area contributed by atoms with Gasteiger partial charge in [0.05, 0.1) is 13.5 Å². The van der Waals surface area contributed by atoms with Crippen molar-refractivity contribution in [2.45, 2.75) is 12.8 Å². The number of carbonyl (C=O) groups is 1. The predicted molar refractivity (Wildman–Crippen MR) is 77.9 cm³/mol. The summed E-state index contributed by atoms with van der Waals surface area (Å²) >= 11 is 0. The third-order valence-electron chi connectivity index (χ3n) is 3.35. The standard InChI is InChI=1S/C15H20N2O3/c1-17-12(10-15(19)16-6-3-7-18)8-11-9-13(20-2)4-5-14(11)17/h4-5,8-9,18H,3,6-7,10H2,1-2H3,(H,16,19). The number of nitrogens with one attached hydrogen (secondary N) is 1. The molecule has 2 rings (SSSR count). The van der Waals surface area contributed by atoms with Gasteiger partial charge >= 0.3 is 0 Å². The monoisotopic (exact) mass is 276 g/mol. The Labute approximate surface area is 118 Å². The second-order valence-corrected chi connectivity index (χ2v) is 4.72. The van der Waals surface area contributed by atoms with E-state index in [1.165, 1.54) is 0 Å². The van der Waals surface area contributed by atoms with Gasteiger partial charge in [-0.15, -0.1) is 0 Å². The lowest BCUT2D eigenvalue weighted by atomic mass is 10.2. The molecule has 0 saturated carbocycles. The van der Waals surface area contributed by atoms with E-state index >= 15 is 0 Å². The van der Waals surface area contributed by atoms with Crippen molar-refractivity contribution < 1.29 is 14.6 Å². The summed E-state index contributed by atoms with van der Waals surface area (Å²) in [7, 11) is 3.59. The van der Waals surface area contributed by atoms with Crippen LogP contribution in [0.5, 0.6) is 5.75 Å². The van der Waals surface area contributed by atoms with Crippen LogP contribution in [0.2, 0.25) is 0 Å². The predicted octanol–water partition coefficient (Wildman–Crippen LogP) is 1.23. The number of aliphatic hydroxyl groups is 1. The number of rotatable bonds is 6. The fraction of sp³-hybridized carbons (Fsp3) is 0.400. The largest absolute Gasteiger partial charge is 0.497 e. The van der Waals surface area contributed by atoms with Crippen LogP contribution >= 0.6 is 0 Å². The molecule has 1 heterocycles. The van der Waals surface area contributed by atoms with E-state index in [1.807, 2.05) is 35.9 Å². The molecule has 5 heteroatoms. The number of ether oxygens (including phenoxy) is 1. The van der Waals surface area contributed by atoms with Gasteiger partial charge in [0.25, 0.3) is 0 Å². The number of aryl methyl sites for hydroxylation is 1. The number of benzene rings is 1. The van der Waals surface area contributed by atoms with Crippen LogP contribution in [0.25, 0.3) is 10.9 Å². The molecule has 0 bridgehead atoms. The second kappa shape index (κ2) is 6.43. The lowest BCUT2D eigenvalue weighted by Crippen LogP contribution is -2.27. The van der Waals surface area contributed by atoms with Crippen molar-refractivity contribution in [3.63, 3.8) is 0 Å². The van der Waals surface area contributed by atoms with E-state index < -0.39 is 0 Å². The van der Waals surface area contributed by atoms with E-state index in [0.717, 1.165) is 22.3 Å². The molecule has 108 valence electrons. The van der Waals surface area contributed by atoms with E-state index in [4.69, 9.17) is 9.84 Å². The number of methoxy groups -OCH3 is 1. The molecule has 0 aliphatic carbocycles. The summed E-state index contributed by atoms with van der Waals surface area (Å²) in [5, 5.41) is 12.5. The molecular weight excluding hydrogens is 256 g/mol. The van der Waals surface area contributed by atoms with Gasteiger partial charge in [0.2, 0.25) is 5.91 Å². The Bertz CT molecular complexity index is 604. The zero-order valence-corrected chi connectivity index (χ0v) is 11.8. The zero-order chi connectivity index (χ0) is 14.5. The Morgan fingerprint density at radius 3 is 2.90 bits per heavy atom. The molecule has 0 aliphatic rings. The highest BCUT2D eigenvalue weighted by molar-refractivity contribution is 5.85. The topological polar surface area (TPSA) is 63.5 Å². The Morgan fingerprint density at radius 2 is 2.20 bits per heavy atom. The van der Waals surface area contributed by atoms with Crippen LogP contribution in [-0.4, -0.2) is 35.8 Å². The summed E-state index contributed by atoms with van der Waals surface area (Å²) in [6.07, 6.45) is 0.914. The molecule has 0 spiro atoms. The molecule has 2 aromatic rings.